The van der Waals surface area contributed by atoms with E-state index in [-0.39, 0.29) is 0 Å². The van der Waals surface area contributed by atoms with Gasteiger partial charge < -0.3 is 10.1 Å². The lowest BCUT2D eigenvalue weighted by molar-refractivity contribution is -0.0454. The van der Waals surface area contributed by atoms with Gasteiger partial charge in [-0.2, -0.15) is 0 Å². The molecule has 0 bridgehead atoms. The van der Waals surface area contributed by atoms with Gasteiger partial charge in [0.1, 0.15) is 0 Å². The van der Waals surface area contributed by atoms with Crippen molar-refractivity contribution in [1.82, 2.24) is 5.32 Å². The standard InChI is InChI=1S/C15H21NO/c1-11-10-17-15-8-7-13(9-14(15)16-11)12-5-3-2-4-6-12/h2-6,11,13-16H,7-10H2,1H3. The number of ether oxygens (including phenoxy) is 1. The number of morpholine rings is 1. The molecule has 4 unspecified atom stereocenters. The molecule has 4 atom stereocenters. The van der Waals surface area contributed by atoms with Crippen LogP contribution in [0.2, 0.25) is 0 Å². The highest BCUT2D eigenvalue weighted by molar-refractivity contribution is 5.20. The molecule has 1 N–H and O–H groups in total. The van der Waals surface area contributed by atoms with Crippen LogP contribution in [0.25, 0.3) is 0 Å². The number of hydrogen-bond acceptors (Lipinski definition) is 2. The first-order chi connectivity index (χ1) is 8.33. The molecule has 3 rings (SSSR count). The summed E-state index contributed by atoms with van der Waals surface area (Å²) in [5.41, 5.74) is 1.49. The molecule has 1 saturated carbocycles. The number of nitrogens with one attached hydrogen (secondary N) is 1. The van der Waals surface area contributed by atoms with Gasteiger partial charge in [0, 0.05) is 12.1 Å². The molecule has 1 saturated heterocycles. The lowest BCUT2D eigenvalue weighted by Crippen LogP contribution is -2.55. The van der Waals surface area contributed by atoms with Crippen LogP contribution in [-0.4, -0.2) is 24.8 Å². The van der Waals surface area contributed by atoms with E-state index in [0.717, 1.165) is 6.61 Å². The van der Waals surface area contributed by atoms with Crippen molar-refractivity contribution in [2.75, 3.05) is 6.61 Å². The van der Waals surface area contributed by atoms with E-state index in [1.807, 2.05) is 0 Å². The molecule has 1 aromatic rings. The Labute approximate surface area is 103 Å². The van der Waals surface area contributed by atoms with Crippen LogP contribution in [0.4, 0.5) is 0 Å². The van der Waals surface area contributed by atoms with E-state index >= 15 is 0 Å². The second kappa shape index (κ2) is 4.79. The molecule has 1 aliphatic heterocycles. The highest BCUT2D eigenvalue weighted by Gasteiger charge is 2.35. The Hall–Kier alpha value is -0.860. The molecule has 2 nitrogen and oxygen atoms in total. The number of fused-ring (bicyclic) bond motifs is 1. The summed E-state index contributed by atoms with van der Waals surface area (Å²) in [6.45, 7) is 3.08. The minimum Gasteiger partial charge on any atom is -0.375 e. The van der Waals surface area contributed by atoms with Crippen molar-refractivity contribution in [3.05, 3.63) is 35.9 Å². The Kier molecular flexibility index (Phi) is 3.17. The fraction of sp³-hybridized carbons (Fsp3) is 0.600. The summed E-state index contributed by atoms with van der Waals surface area (Å²) in [4.78, 5) is 0. The monoisotopic (exact) mass is 231 g/mol. The maximum Gasteiger partial charge on any atom is 0.0729 e. The van der Waals surface area contributed by atoms with Gasteiger partial charge in [-0.3, -0.25) is 0 Å². The second-order valence-electron chi connectivity index (χ2n) is 5.47. The summed E-state index contributed by atoms with van der Waals surface area (Å²) in [5, 5.41) is 3.69. The van der Waals surface area contributed by atoms with Crippen LogP contribution in [0.15, 0.2) is 30.3 Å². The quantitative estimate of drug-likeness (QED) is 0.802. The zero-order chi connectivity index (χ0) is 11.7. The number of benzene rings is 1. The average molecular weight is 231 g/mol. The molecule has 0 radical (unpaired) electrons. The molecule has 2 fully saturated rings. The van der Waals surface area contributed by atoms with Crippen LogP contribution in [0.3, 0.4) is 0 Å². The summed E-state index contributed by atoms with van der Waals surface area (Å²) >= 11 is 0. The molecular formula is C15H21NO. The SMILES string of the molecule is CC1COC2CCC(c3ccccc3)CC2N1. The predicted molar refractivity (Wildman–Crippen MR) is 69.2 cm³/mol. The summed E-state index contributed by atoms with van der Waals surface area (Å²) < 4.78 is 5.92. The number of rotatable bonds is 1. The van der Waals surface area contributed by atoms with Gasteiger partial charge in [-0.1, -0.05) is 30.3 Å². The van der Waals surface area contributed by atoms with E-state index in [2.05, 4.69) is 42.6 Å². The fourth-order valence-electron chi connectivity index (χ4n) is 3.23. The molecule has 0 spiro atoms. The Balaban J connectivity index is 1.70. The molecular weight excluding hydrogens is 210 g/mol. The van der Waals surface area contributed by atoms with Gasteiger partial charge in [-0.25, -0.2) is 0 Å². The third-order valence-electron chi connectivity index (χ3n) is 4.12. The van der Waals surface area contributed by atoms with Crippen LogP contribution in [-0.2, 0) is 4.74 Å². The van der Waals surface area contributed by atoms with E-state index in [9.17, 15) is 0 Å². The molecule has 2 heteroatoms. The molecule has 92 valence electrons. The maximum atomic E-state index is 5.92. The van der Waals surface area contributed by atoms with E-state index in [1.165, 1.54) is 24.8 Å². The number of hydrogen-bond donors (Lipinski definition) is 1. The van der Waals surface area contributed by atoms with Crippen molar-refractivity contribution in [1.29, 1.82) is 0 Å². The van der Waals surface area contributed by atoms with Crippen LogP contribution in [0, 0.1) is 0 Å². The molecule has 17 heavy (non-hydrogen) atoms. The summed E-state index contributed by atoms with van der Waals surface area (Å²) in [6.07, 6.45) is 4.13. The van der Waals surface area contributed by atoms with Crippen molar-refractivity contribution in [2.45, 2.75) is 50.3 Å². The fourth-order valence-corrected chi connectivity index (χ4v) is 3.23. The normalized spacial score (nSPS) is 37.5. The molecule has 1 aliphatic carbocycles. The van der Waals surface area contributed by atoms with Crippen LogP contribution in [0.5, 0.6) is 0 Å². The third kappa shape index (κ3) is 2.38. The highest BCUT2D eigenvalue weighted by atomic mass is 16.5. The van der Waals surface area contributed by atoms with Gasteiger partial charge in [0.25, 0.3) is 0 Å². The summed E-state index contributed by atoms with van der Waals surface area (Å²) in [5.74, 6) is 0.707. The van der Waals surface area contributed by atoms with Gasteiger partial charge in [-0.05, 0) is 37.7 Å². The Morgan fingerprint density at radius 3 is 2.82 bits per heavy atom. The van der Waals surface area contributed by atoms with Gasteiger partial charge in [0.05, 0.1) is 12.7 Å². The molecule has 0 amide bonds. The second-order valence-corrected chi connectivity index (χ2v) is 5.47. The van der Waals surface area contributed by atoms with E-state index in [1.54, 1.807) is 0 Å². The first-order valence-corrected chi connectivity index (χ1v) is 6.75. The molecule has 0 aromatic heterocycles. The van der Waals surface area contributed by atoms with Gasteiger partial charge in [-0.15, -0.1) is 0 Å². The van der Waals surface area contributed by atoms with E-state index in [0.29, 0.717) is 24.1 Å². The zero-order valence-electron chi connectivity index (χ0n) is 10.4. The van der Waals surface area contributed by atoms with Gasteiger partial charge in [0.15, 0.2) is 0 Å². The Morgan fingerprint density at radius 2 is 2.00 bits per heavy atom. The molecule has 2 aliphatic rings. The van der Waals surface area contributed by atoms with Crippen molar-refractivity contribution in [3.63, 3.8) is 0 Å². The van der Waals surface area contributed by atoms with Crippen LogP contribution >= 0.6 is 0 Å². The minimum atomic E-state index is 0.450. The van der Waals surface area contributed by atoms with Gasteiger partial charge in [0.2, 0.25) is 0 Å². The van der Waals surface area contributed by atoms with Crippen molar-refractivity contribution >= 4 is 0 Å². The topological polar surface area (TPSA) is 21.3 Å². The Morgan fingerprint density at radius 1 is 1.18 bits per heavy atom. The maximum absolute atomic E-state index is 5.92. The predicted octanol–water partition coefficient (Wildman–Crippen LogP) is 2.70. The lowest BCUT2D eigenvalue weighted by atomic mass is 9.79. The minimum absolute atomic E-state index is 0.450. The highest BCUT2D eigenvalue weighted by Crippen LogP contribution is 2.35. The van der Waals surface area contributed by atoms with E-state index in [4.69, 9.17) is 4.74 Å². The zero-order valence-corrected chi connectivity index (χ0v) is 10.4. The third-order valence-corrected chi connectivity index (χ3v) is 4.12. The van der Waals surface area contributed by atoms with Crippen molar-refractivity contribution < 1.29 is 4.74 Å². The van der Waals surface area contributed by atoms with Crippen molar-refractivity contribution in [2.24, 2.45) is 0 Å². The molecule has 1 aromatic carbocycles. The largest absolute Gasteiger partial charge is 0.375 e. The van der Waals surface area contributed by atoms with Gasteiger partial charge >= 0.3 is 0 Å². The first-order valence-electron chi connectivity index (χ1n) is 6.75. The average Bonchev–Trinajstić information content (AvgIpc) is 2.39. The van der Waals surface area contributed by atoms with Crippen molar-refractivity contribution in [3.8, 4) is 0 Å². The lowest BCUT2D eigenvalue weighted by Gasteiger charge is -2.42. The first kappa shape index (κ1) is 11.2. The Bertz CT molecular complexity index is 364. The summed E-state index contributed by atoms with van der Waals surface area (Å²) in [7, 11) is 0. The van der Waals surface area contributed by atoms with E-state index < -0.39 is 0 Å². The van der Waals surface area contributed by atoms with Crippen LogP contribution in [0.1, 0.15) is 37.7 Å². The molecule has 1 heterocycles. The summed E-state index contributed by atoms with van der Waals surface area (Å²) in [6, 6.07) is 12.0. The van der Waals surface area contributed by atoms with Crippen LogP contribution < -0.4 is 5.32 Å². The smallest absolute Gasteiger partial charge is 0.0729 e.